The molecule has 27 heteroatoms. The SMILES string of the molecule is CN(C(=O)/C=C/CN(C)C1CC1)c1cccc(-n2nc(-c3ccc(Oc4ccccc4)cc3)c3c(N)ncnc32)c1.CN(C(=O)/C=C/CN(C)C1CCC1)c1cccc(-n2nc(-c3ccc(Oc4ccccc4)cc3)c3c(N)ncnc32)c1.CN(C/C=C/C(=O)Nc1cccc(-n2nc(-c3ccc(Oc4ccccc4)cc3)c3c(N)ncnc32)c1)C1CCC1. The molecule has 0 spiro atoms. The van der Waals surface area contributed by atoms with E-state index in [0.717, 1.165) is 82.0 Å². The predicted molar refractivity (Wildman–Crippen MR) is 488 cm³/mol. The Balaban J connectivity index is 0.000000137. The third-order valence-electron chi connectivity index (χ3n) is 22.3. The number of nitrogens with two attached hydrogens (primary N) is 3. The van der Waals surface area contributed by atoms with Crippen molar-refractivity contribution in [1.29, 1.82) is 0 Å². The summed E-state index contributed by atoms with van der Waals surface area (Å²) in [6, 6.07) is 76.5. The minimum Gasteiger partial charge on any atom is -0.457 e. The van der Waals surface area contributed by atoms with Gasteiger partial charge in [-0.3, -0.25) is 29.1 Å². The third kappa shape index (κ3) is 19.5. The van der Waals surface area contributed by atoms with Gasteiger partial charge in [-0.25, -0.2) is 43.9 Å². The first-order valence-corrected chi connectivity index (χ1v) is 41.3. The Bertz CT molecular complexity index is 6350. The van der Waals surface area contributed by atoms with Crippen LogP contribution in [0, 0.1) is 0 Å². The van der Waals surface area contributed by atoms with E-state index in [1.807, 2.05) is 255 Å². The normalized spacial score (nSPS) is 13.4. The Morgan fingerprint density at radius 1 is 0.371 bits per heavy atom. The Morgan fingerprint density at radius 3 is 1.02 bits per heavy atom. The first-order chi connectivity index (χ1) is 60.5. The van der Waals surface area contributed by atoms with Crippen molar-refractivity contribution < 1.29 is 28.6 Å². The summed E-state index contributed by atoms with van der Waals surface area (Å²) in [5.74, 6) is 5.05. The summed E-state index contributed by atoms with van der Waals surface area (Å²) in [4.78, 5) is 74.7. The zero-order valence-corrected chi connectivity index (χ0v) is 69.5. The zero-order chi connectivity index (χ0) is 85.6. The van der Waals surface area contributed by atoms with Gasteiger partial charge in [0.05, 0.1) is 33.2 Å². The average molecular weight is 1650 g/mol. The number of benzene rings is 9. The lowest BCUT2D eigenvalue weighted by molar-refractivity contribution is -0.114. The Labute approximate surface area is 718 Å². The fraction of sp³-hybridized carbons (Fsp3) is 0.196. The second kappa shape index (κ2) is 38.1. The maximum absolute atomic E-state index is 13.0. The van der Waals surface area contributed by atoms with Crippen LogP contribution in [0.2, 0.25) is 0 Å². The van der Waals surface area contributed by atoms with Crippen LogP contribution in [0.1, 0.15) is 51.4 Å². The number of nitrogen functional groups attached to an aromatic ring is 3. The van der Waals surface area contributed by atoms with Crippen molar-refractivity contribution in [1.82, 2.24) is 73.9 Å². The minimum atomic E-state index is -0.181. The molecule has 27 nitrogen and oxygen atoms in total. The maximum Gasteiger partial charge on any atom is 0.250 e. The lowest BCUT2D eigenvalue weighted by atomic mass is 9.92. The fourth-order valence-corrected chi connectivity index (χ4v) is 14.6. The highest BCUT2D eigenvalue weighted by molar-refractivity contribution is 6.04. The molecule has 0 radical (unpaired) electrons. The van der Waals surface area contributed by atoms with Gasteiger partial charge in [-0.1, -0.05) is 104 Å². The van der Waals surface area contributed by atoms with Crippen LogP contribution in [0.25, 0.3) is 83.9 Å². The number of ether oxygens (including phenoxy) is 3. The molecule has 3 fully saturated rings. The molecule has 124 heavy (non-hydrogen) atoms. The molecule has 18 rings (SSSR count). The highest BCUT2D eigenvalue weighted by Gasteiger charge is 2.28. The Morgan fingerprint density at radius 2 is 0.685 bits per heavy atom. The summed E-state index contributed by atoms with van der Waals surface area (Å²) in [6.07, 6.45) is 24.9. The number of rotatable bonds is 27. The van der Waals surface area contributed by atoms with Crippen molar-refractivity contribution in [2.24, 2.45) is 0 Å². The molecule has 0 aliphatic heterocycles. The highest BCUT2D eigenvalue weighted by Crippen LogP contribution is 2.39. The molecule has 0 bridgehead atoms. The van der Waals surface area contributed by atoms with E-state index in [-0.39, 0.29) is 17.7 Å². The number of carbonyl (C=O) groups is 3. The number of anilines is 6. The van der Waals surface area contributed by atoms with Gasteiger partial charge in [0.25, 0.3) is 0 Å². The summed E-state index contributed by atoms with van der Waals surface area (Å²) in [6.45, 7) is 2.26. The predicted octanol–water partition coefficient (Wildman–Crippen LogP) is 17.2. The number of carbonyl (C=O) groups excluding carboxylic acids is 3. The van der Waals surface area contributed by atoms with Crippen molar-refractivity contribution in [2.45, 2.75) is 69.5 Å². The standard InChI is InChI=1S/C33H33N7O2.2C32H31N7O2/c1-38(24-9-6-10-24)20-8-15-29(41)39(2)25-11-7-12-26(21-25)40-33-30(32(34)35-22-36-33)31(37-40)23-16-18-28(19-17-23)42-27-13-4-3-5-14-27;1-37(23-15-16-23)19-7-12-28(40)38(2)24-8-6-9-25(20-24)39-32-29(31(33)34-21-35-32)30(36-39)22-13-17-27(18-14-22)41-26-10-4-3-5-11-26;1-38(24-9-6-10-24)19-7-14-28(40)36-23-8-5-11-25(20-23)39-32-29(31(33)34-21-35-32)30(37-39)22-15-17-27(18-16-22)41-26-12-3-2-4-13-26/h3-5,7-8,11-19,21-22,24H,6,9-10,20H2,1-2H3,(H2,34,35,36);3-14,17-18,20-21,23H,15-16,19H2,1-2H3,(H2,33,34,35);2-5,7-8,11-18,20-21,24H,6,9-10,19H2,1H3,(H,36,40)(H2,33,34,35)/b15-8+;12-7+;14-7+. The molecule has 9 aromatic carbocycles. The van der Waals surface area contributed by atoms with Gasteiger partial charge in [-0.2, -0.15) is 15.3 Å². The number of nitrogens with one attached hydrogen (secondary N) is 1. The number of aromatic nitrogens is 12. The molecule has 3 amide bonds. The summed E-state index contributed by atoms with van der Waals surface area (Å²) in [5.41, 5.74) is 29.6. The Hall–Kier alpha value is -15.1. The van der Waals surface area contributed by atoms with Gasteiger partial charge < -0.3 is 46.5 Å². The third-order valence-corrected chi connectivity index (χ3v) is 22.3. The molecule has 3 aliphatic rings. The van der Waals surface area contributed by atoms with Crippen molar-refractivity contribution in [3.8, 4) is 85.3 Å². The maximum atomic E-state index is 13.0. The molecule has 6 heterocycles. The molecule has 624 valence electrons. The zero-order valence-electron chi connectivity index (χ0n) is 69.5. The van der Waals surface area contributed by atoms with Gasteiger partial charge in [-0.05, 0) is 223 Å². The largest absolute Gasteiger partial charge is 0.457 e. The number of hydrogen-bond acceptors (Lipinski definition) is 21. The van der Waals surface area contributed by atoms with Crippen molar-refractivity contribution in [3.63, 3.8) is 0 Å². The lowest BCUT2D eigenvalue weighted by Crippen LogP contribution is -2.37. The Kier molecular flexibility index (Phi) is 25.4. The number of amides is 3. The fourth-order valence-electron chi connectivity index (χ4n) is 14.6. The molecule has 7 N–H and O–H groups in total. The number of hydrogen-bond donors (Lipinski definition) is 4. The molecular formula is C97H95N21O6. The lowest BCUT2D eigenvalue weighted by Gasteiger charge is -2.33. The second-order valence-corrected chi connectivity index (χ2v) is 30.8. The van der Waals surface area contributed by atoms with Crippen molar-refractivity contribution in [3.05, 3.63) is 292 Å². The van der Waals surface area contributed by atoms with Gasteiger partial charge in [0.1, 0.15) is 88.0 Å². The van der Waals surface area contributed by atoms with Gasteiger partial charge in [0, 0.05) is 104 Å². The number of nitrogens with zero attached hydrogens (tertiary/aromatic N) is 17. The highest BCUT2D eigenvalue weighted by atomic mass is 16.5. The molecule has 0 unspecified atom stereocenters. The van der Waals surface area contributed by atoms with Gasteiger partial charge >= 0.3 is 0 Å². The molecule has 3 saturated carbocycles. The van der Waals surface area contributed by atoms with Gasteiger partial charge in [0.15, 0.2) is 16.9 Å². The summed E-state index contributed by atoms with van der Waals surface area (Å²) >= 11 is 0. The van der Waals surface area contributed by atoms with Crippen molar-refractivity contribution >= 4 is 85.3 Å². The van der Waals surface area contributed by atoms with E-state index in [0.29, 0.717) is 109 Å². The average Bonchev–Trinajstić information content (AvgIpc) is 1.62. The van der Waals surface area contributed by atoms with Gasteiger partial charge in [-0.15, -0.1) is 0 Å². The summed E-state index contributed by atoms with van der Waals surface area (Å²) in [7, 11) is 9.83. The second-order valence-electron chi connectivity index (χ2n) is 30.8. The number of fused-ring (bicyclic) bond motifs is 3. The van der Waals surface area contributed by atoms with Gasteiger partial charge in [0.2, 0.25) is 17.7 Å². The van der Waals surface area contributed by atoms with E-state index in [2.05, 4.69) is 71.1 Å². The van der Waals surface area contributed by atoms with Crippen LogP contribution in [0.3, 0.4) is 0 Å². The molecule has 3 aliphatic carbocycles. The minimum absolute atomic E-state index is 0.0930. The molecule has 0 saturated heterocycles. The van der Waals surface area contributed by atoms with Crippen LogP contribution in [0.5, 0.6) is 34.5 Å². The summed E-state index contributed by atoms with van der Waals surface area (Å²) in [5, 5.41) is 19.6. The van der Waals surface area contributed by atoms with Crippen LogP contribution in [-0.4, -0.2) is 165 Å². The van der Waals surface area contributed by atoms with E-state index in [4.69, 9.17) is 46.7 Å². The smallest absolute Gasteiger partial charge is 0.250 e. The van der Waals surface area contributed by atoms with E-state index >= 15 is 0 Å². The molecule has 6 aromatic heterocycles. The van der Waals surface area contributed by atoms with Crippen LogP contribution >= 0.6 is 0 Å². The monoisotopic (exact) mass is 1650 g/mol. The van der Waals surface area contributed by atoms with E-state index in [1.54, 1.807) is 56.2 Å². The van der Waals surface area contributed by atoms with E-state index in [1.165, 1.54) is 70.3 Å². The number of para-hydroxylation sites is 3. The van der Waals surface area contributed by atoms with E-state index in [9.17, 15) is 14.4 Å². The van der Waals surface area contributed by atoms with Crippen LogP contribution in [-0.2, 0) is 14.4 Å². The summed E-state index contributed by atoms with van der Waals surface area (Å²) < 4.78 is 23.0. The van der Waals surface area contributed by atoms with Crippen LogP contribution < -0.4 is 46.5 Å². The molecule has 0 atom stereocenters. The molecular weight excluding hydrogens is 1560 g/mol. The van der Waals surface area contributed by atoms with E-state index < -0.39 is 0 Å². The number of likely N-dealkylation sites (N-methyl/N-ethyl adjacent to an activating group) is 5. The van der Waals surface area contributed by atoms with Crippen LogP contribution in [0.4, 0.5) is 34.5 Å². The van der Waals surface area contributed by atoms with Crippen molar-refractivity contribution in [2.75, 3.05) is 87.2 Å². The first-order valence-electron chi connectivity index (χ1n) is 41.3. The topological polar surface area (TPSA) is 316 Å². The molecule has 15 aromatic rings. The first kappa shape index (κ1) is 82.6. The van der Waals surface area contributed by atoms with Crippen LogP contribution in [0.15, 0.2) is 292 Å². The quantitative estimate of drug-likeness (QED) is 0.0348.